The van der Waals surface area contributed by atoms with Gasteiger partial charge in [0.2, 0.25) is 11.8 Å². The first kappa shape index (κ1) is 20.2. The van der Waals surface area contributed by atoms with Crippen LogP contribution in [0.4, 0.5) is 0 Å². The summed E-state index contributed by atoms with van der Waals surface area (Å²) in [6, 6.07) is 12.5. The zero-order valence-corrected chi connectivity index (χ0v) is 18.1. The van der Waals surface area contributed by atoms with E-state index in [-0.39, 0.29) is 18.4 Å². The normalized spacial score (nSPS) is 20.2. The molecule has 0 aliphatic carbocycles. The number of ether oxygens (including phenoxy) is 2. The largest absolute Gasteiger partial charge is 0.497 e. The lowest BCUT2D eigenvalue weighted by Crippen LogP contribution is -2.63. The molecule has 1 saturated heterocycles. The van der Waals surface area contributed by atoms with E-state index in [0.717, 1.165) is 27.7 Å². The summed E-state index contributed by atoms with van der Waals surface area (Å²) >= 11 is 0. The second-order valence-corrected chi connectivity index (χ2v) is 8.10. The van der Waals surface area contributed by atoms with Crippen molar-refractivity contribution in [3.05, 3.63) is 71.9 Å². The van der Waals surface area contributed by atoms with Crippen LogP contribution in [0.25, 0.3) is 10.9 Å². The number of carbonyl (C=O) groups is 2. The third kappa shape index (κ3) is 2.96. The molecule has 2 aliphatic rings. The SMILES string of the molecule is C=CCN1CC(=O)N2C(c3ccc(OC)cc3OC)c3[nH]c4ccccc4c3C[C@H]2C1=O. The Morgan fingerprint density at radius 3 is 2.72 bits per heavy atom. The number of hydrogen-bond donors (Lipinski definition) is 1. The molecule has 1 aromatic heterocycles. The van der Waals surface area contributed by atoms with Crippen molar-refractivity contribution in [2.24, 2.45) is 0 Å². The van der Waals surface area contributed by atoms with Crippen LogP contribution in [0.1, 0.15) is 22.9 Å². The Bertz CT molecular complexity index is 1230. The van der Waals surface area contributed by atoms with Crippen LogP contribution in [0.2, 0.25) is 0 Å². The van der Waals surface area contributed by atoms with E-state index in [9.17, 15) is 9.59 Å². The predicted molar refractivity (Wildman–Crippen MR) is 121 cm³/mol. The summed E-state index contributed by atoms with van der Waals surface area (Å²) < 4.78 is 11.1. The second-order valence-electron chi connectivity index (χ2n) is 8.10. The molecular weight excluding hydrogens is 406 g/mol. The van der Waals surface area contributed by atoms with Gasteiger partial charge in [0, 0.05) is 41.2 Å². The summed E-state index contributed by atoms with van der Waals surface area (Å²) in [6.07, 6.45) is 2.12. The van der Waals surface area contributed by atoms with Crippen LogP contribution >= 0.6 is 0 Å². The van der Waals surface area contributed by atoms with E-state index in [1.807, 2.05) is 36.4 Å². The number of nitrogens with one attached hydrogen (secondary N) is 1. The number of hydrogen-bond acceptors (Lipinski definition) is 4. The fourth-order valence-corrected chi connectivity index (χ4v) is 5.00. The van der Waals surface area contributed by atoms with Crippen LogP contribution in [-0.2, 0) is 16.0 Å². The van der Waals surface area contributed by atoms with Crippen molar-refractivity contribution < 1.29 is 19.1 Å². The number of aromatic amines is 1. The molecule has 32 heavy (non-hydrogen) atoms. The number of fused-ring (bicyclic) bond motifs is 4. The highest BCUT2D eigenvalue weighted by Crippen LogP contribution is 2.45. The van der Waals surface area contributed by atoms with Crippen molar-refractivity contribution in [1.82, 2.24) is 14.8 Å². The van der Waals surface area contributed by atoms with Crippen molar-refractivity contribution in [1.29, 1.82) is 0 Å². The lowest BCUT2D eigenvalue weighted by atomic mass is 9.86. The molecule has 2 amide bonds. The van der Waals surface area contributed by atoms with E-state index in [2.05, 4.69) is 17.6 Å². The Labute approximate surface area is 186 Å². The lowest BCUT2D eigenvalue weighted by Gasteiger charge is -2.47. The second kappa shape index (κ2) is 7.75. The third-order valence-corrected chi connectivity index (χ3v) is 6.43. The molecule has 0 bridgehead atoms. The smallest absolute Gasteiger partial charge is 0.246 e. The molecule has 2 aliphatic heterocycles. The van der Waals surface area contributed by atoms with Crippen molar-refractivity contribution in [2.45, 2.75) is 18.5 Å². The molecule has 164 valence electrons. The van der Waals surface area contributed by atoms with Crippen molar-refractivity contribution in [3.63, 3.8) is 0 Å². The van der Waals surface area contributed by atoms with E-state index < -0.39 is 12.1 Å². The minimum Gasteiger partial charge on any atom is -0.497 e. The van der Waals surface area contributed by atoms with Gasteiger partial charge in [-0.15, -0.1) is 6.58 Å². The van der Waals surface area contributed by atoms with E-state index in [1.165, 1.54) is 0 Å². The van der Waals surface area contributed by atoms with Crippen LogP contribution in [0.5, 0.6) is 11.5 Å². The Kier molecular flexibility index (Phi) is 4.89. The van der Waals surface area contributed by atoms with E-state index in [4.69, 9.17) is 9.47 Å². The van der Waals surface area contributed by atoms with Gasteiger partial charge in [-0.2, -0.15) is 0 Å². The maximum Gasteiger partial charge on any atom is 0.246 e. The molecular formula is C25H25N3O4. The highest BCUT2D eigenvalue weighted by Gasteiger charge is 2.48. The van der Waals surface area contributed by atoms with Gasteiger partial charge in [-0.05, 0) is 23.8 Å². The molecule has 0 radical (unpaired) electrons. The summed E-state index contributed by atoms with van der Waals surface area (Å²) in [5.74, 6) is 1.11. The summed E-state index contributed by atoms with van der Waals surface area (Å²) in [6.45, 7) is 4.12. The van der Waals surface area contributed by atoms with E-state index >= 15 is 0 Å². The maximum absolute atomic E-state index is 13.4. The van der Waals surface area contributed by atoms with Gasteiger partial charge < -0.3 is 24.3 Å². The number of amides is 2. The molecule has 3 heterocycles. The van der Waals surface area contributed by atoms with Crippen LogP contribution in [0.3, 0.4) is 0 Å². The minimum absolute atomic E-state index is 0.0336. The zero-order valence-electron chi connectivity index (χ0n) is 18.1. The number of para-hydroxylation sites is 1. The zero-order chi connectivity index (χ0) is 22.4. The lowest BCUT2D eigenvalue weighted by molar-refractivity contribution is -0.158. The van der Waals surface area contributed by atoms with Crippen LogP contribution in [-0.4, -0.2) is 59.9 Å². The Morgan fingerprint density at radius 2 is 1.97 bits per heavy atom. The molecule has 1 fully saturated rings. The molecule has 3 aromatic rings. The highest BCUT2D eigenvalue weighted by molar-refractivity contribution is 5.97. The highest BCUT2D eigenvalue weighted by atomic mass is 16.5. The quantitative estimate of drug-likeness (QED) is 0.630. The van der Waals surface area contributed by atoms with Gasteiger partial charge in [-0.3, -0.25) is 9.59 Å². The fraction of sp³-hybridized carbons (Fsp3) is 0.280. The number of rotatable bonds is 5. The number of H-pyrrole nitrogens is 1. The minimum atomic E-state index is -0.584. The van der Waals surface area contributed by atoms with Gasteiger partial charge >= 0.3 is 0 Å². The number of nitrogens with zero attached hydrogens (tertiary/aromatic N) is 2. The number of carbonyl (C=O) groups excluding carboxylic acids is 2. The molecule has 1 N–H and O–H groups in total. The average Bonchev–Trinajstić information content (AvgIpc) is 3.19. The third-order valence-electron chi connectivity index (χ3n) is 6.43. The van der Waals surface area contributed by atoms with Gasteiger partial charge in [-0.1, -0.05) is 24.3 Å². The van der Waals surface area contributed by atoms with Gasteiger partial charge in [0.25, 0.3) is 0 Å². The van der Waals surface area contributed by atoms with Gasteiger partial charge in [0.15, 0.2) is 0 Å². The van der Waals surface area contributed by atoms with Gasteiger partial charge in [0.05, 0.1) is 14.2 Å². The number of piperazine rings is 1. The summed E-state index contributed by atoms with van der Waals surface area (Å²) in [5, 5.41) is 1.07. The first-order chi connectivity index (χ1) is 15.6. The monoisotopic (exact) mass is 431 g/mol. The fourth-order valence-electron chi connectivity index (χ4n) is 5.00. The van der Waals surface area contributed by atoms with Crippen LogP contribution in [0, 0.1) is 0 Å². The summed E-state index contributed by atoms with van der Waals surface area (Å²) in [4.78, 5) is 33.7. The van der Waals surface area contributed by atoms with E-state index in [0.29, 0.717) is 24.5 Å². The van der Waals surface area contributed by atoms with Crippen LogP contribution < -0.4 is 9.47 Å². The van der Waals surface area contributed by atoms with Crippen molar-refractivity contribution in [2.75, 3.05) is 27.3 Å². The Balaban J connectivity index is 1.74. The number of methoxy groups -OCH3 is 2. The van der Waals surface area contributed by atoms with Crippen LogP contribution in [0.15, 0.2) is 55.1 Å². The Hall–Kier alpha value is -3.74. The van der Waals surface area contributed by atoms with Crippen molar-refractivity contribution in [3.8, 4) is 11.5 Å². The molecule has 7 heteroatoms. The Morgan fingerprint density at radius 1 is 1.16 bits per heavy atom. The summed E-state index contributed by atoms with van der Waals surface area (Å²) in [5.41, 5.74) is 3.78. The molecule has 0 spiro atoms. The standard InChI is InChI=1S/C25H25N3O4/c1-4-11-27-14-22(29)28-20(25(27)30)13-18-16-7-5-6-8-19(16)26-23(18)24(28)17-10-9-15(31-2)12-21(17)32-3/h4-10,12,20,24,26H,1,11,13-14H2,2-3H3/t20-,24?/m0/s1. The van der Waals surface area contributed by atoms with Gasteiger partial charge in [-0.25, -0.2) is 0 Å². The number of benzene rings is 2. The average molecular weight is 431 g/mol. The molecule has 1 unspecified atom stereocenters. The van der Waals surface area contributed by atoms with E-state index in [1.54, 1.807) is 30.1 Å². The molecule has 2 aromatic carbocycles. The molecule has 0 saturated carbocycles. The van der Waals surface area contributed by atoms with Crippen molar-refractivity contribution >= 4 is 22.7 Å². The van der Waals surface area contributed by atoms with Gasteiger partial charge in [0.1, 0.15) is 30.1 Å². The molecule has 5 rings (SSSR count). The molecule has 7 nitrogen and oxygen atoms in total. The summed E-state index contributed by atoms with van der Waals surface area (Å²) in [7, 11) is 3.20. The number of aromatic nitrogens is 1. The first-order valence-electron chi connectivity index (χ1n) is 10.6. The topological polar surface area (TPSA) is 74.9 Å². The first-order valence-corrected chi connectivity index (χ1v) is 10.6. The predicted octanol–water partition coefficient (Wildman–Crippen LogP) is 3.06. The molecule has 2 atom stereocenters. The maximum atomic E-state index is 13.4.